The molecule has 5 nitrogen and oxygen atoms in total. The fourth-order valence-electron chi connectivity index (χ4n) is 3.09. The van der Waals surface area contributed by atoms with Gasteiger partial charge in [0.1, 0.15) is 5.82 Å². The average Bonchev–Trinajstić information content (AvgIpc) is 2.66. The van der Waals surface area contributed by atoms with Crippen molar-refractivity contribution < 1.29 is 18.7 Å². The zero-order valence-electron chi connectivity index (χ0n) is 15.5. The van der Waals surface area contributed by atoms with Gasteiger partial charge in [-0.05, 0) is 49.9 Å². The van der Waals surface area contributed by atoms with E-state index in [2.05, 4.69) is 10.2 Å². The lowest BCUT2D eigenvalue weighted by atomic mass is 9.99. The van der Waals surface area contributed by atoms with Crippen molar-refractivity contribution >= 4 is 11.7 Å². The first-order chi connectivity index (χ1) is 12.9. The Morgan fingerprint density at radius 1 is 1.22 bits per heavy atom. The van der Waals surface area contributed by atoms with Gasteiger partial charge in [-0.25, -0.2) is 4.39 Å². The number of hydrogen-bond donors (Lipinski definition) is 1. The number of amides is 1. The third kappa shape index (κ3) is 4.78. The molecule has 0 aliphatic carbocycles. The highest BCUT2D eigenvalue weighted by Gasteiger charge is 2.19. The monoisotopic (exact) mass is 370 g/mol. The Hall–Kier alpha value is -2.57. The molecule has 1 amide bonds. The Morgan fingerprint density at radius 3 is 2.78 bits per heavy atom. The maximum atomic E-state index is 14.2. The standard InChI is InChI=1S/C21H23FN2O3/c1-14(25)15-6-7-20(22)19(11-15)16-4-3-5-17(10-16)21(26)23-12-18-13-24(2)8-9-27-18/h3-7,10-11,18H,8-9,12-13H2,1-2H3,(H,23,26). The lowest BCUT2D eigenvalue weighted by Gasteiger charge is -2.30. The lowest BCUT2D eigenvalue weighted by molar-refractivity contribution is -0.0175. The van der Waals surface area contributed by atoms with Crippen molar-refractivity contribution in [3.8, 4) is 11.1 Å². The molecule has 0 aromatic heterocycles. The van der Waals surface area contributed by atoms with Crippen LogP contribution in [0.3, 0.4) is 0 Å². The van der Waals surface area contributed by atoms with E-state index in [9.17, 15) is 14.0 Å². The van der Waals surface area contributed by atoms with E-state index in [1.807, 2.05) is 7.05 Å². The van der Waals surface area contributed by atoms with E-state index in [0.717, 1.165) is 13.1 Å². The van der Waals surface area contributed by atoms with Crippen LogP contribution in [0.15, 0.2) is 42.5 Å². The van der Waals surface area contributed by atoms with Crippen molar-refractivity contribution in [2.75, 3.05) is 33.3 Å². The molecule has 1 unspecified atom stereocenters. The number of Topliss-reactive ketones (excluding diaryl/α,β-unsaturated/α-hetero) is 1. The van der Waals surface area contributed by atoms with Crippen molar-refractivity contribution in [2.45, 2.75) is 13.0 Å². The van der Waals surface area contributed by atoms with Gasteiger partial charge in [0, 0.05) is 36.3 Å². The van der Waals surface area contributed by atoms with Crippen LogP contribution in [-0.4, -0.2) is 56.0 Å². The van der Waals surface area contributed by atoms with E-state index < -0.39 is 5.82 Å². The lowest BCUT2D eigenvalue weighted by Crippen LogP contribution is -2.45. The number of rotatable bonds is 5. The van der Waals surface area contributed by atoms with Gasteiger partial charge in [-0.1, -0.05) is 12.1 Å². The summed E-state index contributed by atoms with van der Waals surface area (Å²) in [6.45, 7) is 4.16. The van der Waals surface area contributed by atoms with Crippen LogP contribution in [0.5, 0.6) is 0 Å². The SMILES string of the molecule is CC(=O)c1ccc(F)c(-c2cccc(C(=O)NCC3CN(C)CCO3)c2)c1. The second kappa shape index (κ2) is 8.41. The predicted octanol–water partition coefficient (Wildman–Crippen LogP) is 2.76. The Balaban J connectivity index is 1.74. The quantitative estimate of drug-likeness (QED) is 0.823. The first-order valence-electron chi connectivity index (χ1n) is 8.93. The third-order valence-electron chi connectivity index (χ3n) is 4.64. The molecule has 0 saturated carbocycles. The number of morpholine rings is 1. The van der Waals surface area contributed by atoms with Gasteiger partial charge in [-0.2, -0.15) is 0 Å². The van der Waals surface area contributed by atoms with E-state index >= 15 is 0 Å². The van der Waals surface area contributed by atoms with Crippen LogP contribution < -0.4 is 5.32 Å². The maximum Gasteiger partial charge on any atom is 0.251 e. The van der Waals surface area contributed by atoms with Gasteiger partial charge in [-0.3, -0.25) is 9.59 Å². The number of carbonyl (C=O) groups excluding carboxylic acids is 2. The molecule has 1 aliphatic heterocycles. The molecule has 27 heavy (non-hydrogen) atoms. The number of benzene rings is 2. The minimum atomic E-state index is -0.434. The highest BCUT2D eigenvalue weighted by molar-refractivity contribution is 5.97. The second-order valence-corrected chi connectivity index (χ2v) is 6.80. The van der Waals surface area contributed by atoms with Crippen LogP contribution in [0.4, 0.5) is 4.39 Å². The number of halogens is 1. The van der Waals surface area contributed by atoms with E-state index in [0.29, 0.717) is 35.4 Å². The molecule has 142 valence electrons. The van der Waals surface area contributed by atoms with Crippen LogP contribution in [-0.2, 0) is 4.74 Å². The van der Waals surface area contributed by atoms with Crippen molar-refractivity contribution in [3.05, 3.63) is 59.4 Å². The summed E-state index contributed by atoms with van der Waals surface area (Å²) in [4.78, 5) is 26.2. The summed E-state index contributed by atoms with van der Waals surface area (Å²) in [7, 11) is 2.02. The molecule has 1 N–H and O–H groups in total. The maximum absolute atomic E-state index is 14.2. The smallest absolute Gasteiger partial charge is 0.251 e. The molecule has 1 heterocycles. The Morgan fingerprint density at radius 2 is 2.04 bits per heavy atom. The summed E-state index contributed by atoms with van der Waals surface area (Å²) in [5, 5.41) is 2.87. The van der Waals surface area contributed by atoms with E-state index in [1.54, 1.807) is 24.3 Å². The van der Waals surface area contributed by atoms with Crippen LogP contribution in [0, 0.1) is 5.82 Å². The minimum Gasteiger partial charge on any atom is -0.374 e. The highest BCUT2D eigenvalue weighted by atomic mass is 19.1. The van der Waals surface area contributed by atoms with Gasteiger partial charge in [0.15, 0.2) is 5.78 Å². The summed E-state index contributed by atoms with van der Waals surface area (Å²) in [6.07, 6.45) is -0.0411. The van der Waals surface area contributed by atoms with Crippen molar-refractivity contribution in [1.82, 2.24) is 10.2 Å². The summed E-state index contributed by atoms with van der Waals surface area (Å²) in [6, 6.07) is 11.0. The second-order valence-electron chi connectivity index (χ2n) is 6.80. The molecule has 2 aromatic rings. The molecular weight excluding hydrogens is 347 g/mol. The Labute approximate surface area is 158 Å². The molecule has 2 aromatic carbocycles. The van der Waals surface area contributed by atoms with Crippen molar-refractivity contribution in [1.29, 1.82) is 0 Å². The fraction of sp³-hybridized carbons (Fsp3) is 0.333. The number of likely N-dealkylation sites (N-methyl/N-ethyl adjacent to an activating group) is 1. The molecule has 0 spiro atoms. The van der Waals surface area contributed by atoms with Gasteiger partial charge in [0.25, 0.3) is 5.91 Å². The normalized spacial score (nSPS) is 17.5. The number of nitrogens with zero attached hydrogens (tertiary/aromatic N) is 1. The van der Waals surface area contributed by atoms with Crippen LogP contribution >= 0.6 is 0 Å². The van der Waals surface area contributed by atoms with Crippen LogP contribution in [0.1, 0.15) is 27.6 Å². The Kier molecular flexibility index (Phi) is 5.98. The van der Waals surface area contributed by atoms with Gasteiger partial charge in [0.2, 0.25) is 0 Å². The topological polar surface area (TPSA) is 58.6 Å². The largest absolute Gasteiger partial charge is 0.374 e. The zero-order valence-corrected chi connectivity index (χ0v) is 15.5. The summed E-state index contributed by atoms with van der Waals surface area (Å²) in [5.41, 5.74) is 1.72. The molecule has 0 radical (unpaired) electrons. The molecule has 0 bridgehead atoms. The van der Waals surface area contributed by atoms with E-state index in [4.69, 9.17) is 4.74 Å². The first kappa shape index (κ1) is 19.2. The van der Waals surface area contributed by atoms with E-state index in [1.165, 1.54) is 25.1 Å². The Bertz CT molecular complexity index is 853. The number of ether oxygens (including phenoxy) is 1. The molecule has 1 atom stereocenters. The minimum absolute atomic E-state index is 0.0411. The molecule has 3 rings (SSSR count). The summed E-state index contributed by atoms with van der Waals surface area (Å²) in [5.74, 6) is -0.810. The average molecular weight is 370 g/mol. The molecular formula is C21H23FN2O3. The van der Waals surface area contributed by atoms with Crippen molar-refractivity contribution in [2.24, 2.45) is 0 Å². The summed E-state index contributed by atoms with van der Waals surface area (Å²) < 4.78 is 19.9. The van der Waals surface area contributed by atoms with Crippen molar-refractivity contribution in [3.63, 3.8) is 0 Å². The van der Waals surface area contributed by atoms with Gasteiger partial charge in [0.05, 0.1) is 12.7 Å². The highest BCUT2D eigenvalue weighted by Crippen LogP contribution is 2.25. The molecule has 1 aliphatic rings. The zero-order chi connectivity index (χ0) is 19.4. The van der Waals surface area contributed by atoms with E-state index in [-0.39, 0.29) is 17.8 Å². The fourth-order valence-corrected chi connectivity index (χ4v) is 3.09. The number of carbonyl (C=O) groups is 2. The number of nitrogens with one attached hydrogen (secondary N) is 1. The molecule has 1 saturated heterocycles. The predicted molar refractivity (Wildman–Crippen MR) is 101 cm³/mol. The number of hydrogen-bond acceptors (Lipinski definition) is 4. The first-order valence-corrected chi connectivity index (χ1v) is 8.93. The van der Waals surface area contributed by atoms with Gasteiger partial charge >= 0.3 is 0 Å². The van der Waals surface area contributed by atoms with Crippen LogP contribution in [0.2, 0.25) is 0 Å². The van der Waals surface area contributed by atoms with Gasteiger partial charge in [-0.15, -0.1) is 0 Å². The molecule has 1 fully saturated rings. The number of ketones is 1. The van der Waals surface area contributed by atoms with Gasteiger partial charge < -0.3 is 15.0 Å². The van der Waals surface area contributed by atoms with Crippen LogP contribution in [0.25, 0.3) is 11.1 Å². The third-order valence-corrected chi connectivity index (χ3v) is 4.64. The molecule has 6 heteroatoms. The summed E-state index contributed by atoms with van der Waals surface area (Å²) >= 11 is 0.